The van der Waals surface area contributed by atoms with Crippen molar-refractivity contribution in [3.05, 3.63) is 35.1 Å². The molecule has 1 atom stereocenters. The fraction of sp³-hybridized carbons (Fsp3) is 0.611. The third-order valence-corrected chi connectivity index (χ3v) is 5.07. The molecule has 1 aromatic carbocycles. The molecular weight excluding hydrogens is 298 g/mol. The quantitative estimate of drug-likeness (QED) is 0.843. The highest BCUT2D eigenvalue weighted by molar-refractivity contribution is 5.79. The van der Waals surface area contributed by atoms with Crippen molar-refractivity contribution in [3.63, 3.8) is 0 Å². The lowest BCUT2D eigenvalue weighted by atomic mass is 9.71. The lowest BCUT2D eigenvalue weighted by molar-refractivity contribution is -0.127. The Morgan fingerprint density at radius 1 is 1.39 bits per heavy atom. The molecule has 0 bridgehead atoms. The van der Waals surface area contributed by atoms with E-state index in [0.29, 0.717) is 31.6 Å². The van der Waals surface area contributed by atoms with Gasteiger partial charge in [-0.3, -0.25) is 9.69 Å². The molecule has 2 fully saturated rings. The van der Waals surface area contributed by atoms with Crippen LogP contribution in [-0.2, 0) is 11.3 Å². The van der Waals surface area contributed by atoms with Crippen LogP contribution in [0, 0.1) is 11.7 Å². The van der Waals surface area contributed by atoms with E-state index in [2.05, 4.69) is 5.32 Å². The molecular formula is C18H24F2N2O. The Morgan fingerprint density at radius 3 is 2.78 bits per heavy atom. The van der Waals surface area contributed by atoms with Crippen molar-refractivity contribution >= 4 is 5.91 Å². The molecule has 126 valence electrons. The monoisotopic (exact) mass is 322 g/mol. The predicted octanol–water partition coefficient (Wildman–Crippen LogP) is 3.35. The molecule has 3 nitrogen and oxygen atoms in total. The number of halogens is 2. The zero-order chi connectivity index (χ0) is 16.4. The molecule has 1 saturated carbocycles. The van der Waals surface area contributed by atoms with E-state index in [1.807, 2.05) is 13.0 Å². The van der Waals surface area contributed by atoms with Crippen LogP contribution in [0.4, 0.5) is 8.78 Å². The second-order valence-electron chi connectivity index (χ2n) is 6.66. The Bertz CT molecular complexity index is 572. The highest BCUT2D eigenvalue weighted by Gasteiger charge is 2.35. The highest BCUT2D eigenvalue weighted by Crippen LogP contribution is 2.42. The lowest BCUT2D eigenvalue weighted by Gasteiger charge is -2.34. The normalized spacial score (nSPS) is 27.7. The summed E-state index contributed by atoms with van der Waals surface area (Å²) in [6.45, 7) is 3.58. The van der Waals surface area contributed by atoms with Crippen LogP contribution in [0.3, 0.4) is 0 Å². The van der Waals surface area contributed by atoms with E-state index in [4.69, 9.17) is 0 Å². The van der Waals surface area contributed by atoms with E-state index < -0.39 is 6.30 Å². The lowest BCUT2D eigenvalue weighted by Crippen LogP contribution is -2.37. The SMILES string of the molecule is CCNC(=O)C1CC(c2ccc(CN3CCCC3F)c(F)c2)C1. The average molecular weight is 322 g/mol. The van der Waals surface area contributed by atoms with Gasteiger partial charge in [0, 0.05) is 31.1 Å². The van der Waals surface area contributed by atoms with Crippen molar-refractivity contribution in [3.8, 4) is 0 Å². The van der Waals surface area contributed by atoms with E-state index in [1.54, 1.807) is 17.0 Å². The minimum absolute atomic E-state index is 0.0552. The van der Waals surface area contributed by atoms with Crippen molar-refractivity contribution in [2.75, 3.05) is 13.1 Å². The molecule has 5 heteroatoms. The van der Waals surface area contributed by atoms with Gasteiger partial charge in [0.2, 0.25) is 5.91 Å². The maximum absolute atomic E-state index is 14.3. The Balaban J connectivity index is 1.59. The minimum atomic E-state index is -0.946. The summed E-state index contributed by atoms with van der Waals surface area (Å²) in [7, 11) is 0. The van der Waals surface area contributed by atoms with Crippen LogP contribution in [0.15, 0.2) is 18.2 Å². The largest absolute Gasteiger partial charge is 0.356 e. The van der Waals surface area contributed by atoms with Crippen LogP contribution in [-0.4, -0.2) is 30.2 Å². The molecule has 1 heterocycles. The van der Waals surface area contributed by atoms with Gasteiger partial charge in [0.1, 0.15) is 5.82 Å². The van der Waals surface area contributed by atoms with Crippen LogP contribution in [0.1, 0.15) is 49.7 Å². The summed E-state index contributed by atoms with van der Waals surface area (Å²) in [5.41, 5.74) is 1.50. The summed E-state index contributed by atoms with van der Waals surface area (Å²) < 4.78 is 27.9. The standard InChI is InChI=1S/C18H24F2N2O/c1-2-21-18(23)15-8-14(9-15)12-5-6-13(16(19)10-12)11-22-7-3-4-17(22)20/h5-6,10,14-15,17H,2-4,7-9,11H2,1H3,(H,21,23). The van der Waals surface area contributed by atoms with Gasteiger partial charge in [-0.2, -0.15) is 0 Å². The van der Waals surface area contributed by atoms with E-state index in [9.17, 15) is 13.6 Å². The Morgan fingerprint density at radius 2 is 2.17 bits per heavy atom. The van der Waals surface area contributed by atoms with Gasteiger partial charge in [-0.05, 0) is 50.2 Å². The van der Waals surface area contributed by atoms with Crippen molar-refractivity contribution in [1.82, 2.24) is 10.2 Å². The first-order valence-electron chi connectivity index (χ1n) is 8.52. The average Bonchev–Trinajstić information content (AvgIpc) is 2.86. The van der Waals surface area contributed by atoms with Crippen molar-refractivity contribution in [2.45, 2.75) is 51.4 Å². The summed E-state index contributed by atoms with van der Waals surface area (Å²) in [6, 6.07) is 5.27. The number of rotatable bonds is 5. The third kappa shape index (κ3) is 3.55. The smallest absolute Gasteiger partial charge is 0.223 e. The number of hydrogen-bond donors (Lipinski definition) is 1. The van der Waals surface area contributed by atoms with Crippen LogP contribution in [0.5, 0.6) is 0 Å². The number of alkyl halides is 1. The number of likely N-dealkylation sites (tertiary alicyclic amines) is 1. The van der Waals surface area contributed by atoms with Gasteiger partial charge >= 0.3 is 0 Å². The molecule has 1 aromatic rings. The molecule has 0 radical (unpaired) electrons. The van der Waals surface area contributed by atoms with Gasteiger partial charge in [0.25, 0.3) is 0 Å². The molecule has 0 spiro atoms. The van der Waals surface area contributed by atoms with Gasteiger partial charge in [0.15, 0.2) is 6.30 Å². The maximum Gasteiger partial charge on any atom is 0.223 e. The number of nitrogens with one attached hydrogen (secondary N) is 1. The highest BCUT2D eigenvalue weighted by atomic mass is 19.1. The van der Waals surface area contributed by atoms with E-state index in [0.717, 1.165) is 24.8 Å². The van der Waals surface area contributed by atoms with Crippen LogP contribution in [0.2, 0.25) is 0 Å². The third-order valence-electron chi connectivity index (χ3n) is 5.07. The van der Waals surface area contributed by atoms with Crippen molar-refractivity contribution in [2.24, 2.45) is 5.92 Å². The first-order valence-corrected chi connectivity index (χ1v) is 8.52. The summed E-state index contributed by atoms with van der Waals surface area (Å²) >= 11 is 0. The van der Waals surface area contributed by atoms with Gasteiger partial charge in [-0.25, -0.2) is 8.78 Å². The Hall–Kier alpha value is -1.49. The molecule has 1 aliphatic carbocycles. The van der Waals surface area contributed by atoms with Crippen LogP contribution in [0.25, 0.3) is 0 Å². The fourth-order valence-electron chi connectivity index (χ4n) is 3.55. The first kappa shape index (κ1) is 16.4. The molecule has 1 unspecified atom stereocenters. The molecule has 1 N–H and O–H groups in total. The number of hydrogen-bond acceptors (Lipinski definition) is 2. The van der Waals surface area contributed by atoms with Crippen LogP contribution < -0.4 is 5.32 Å². The molecule has 1 amide bonds. The number of carbonyl (C=O) groups excluding carboxylic acids is 1. The topological polar surface area (TPSA) is 32.3 Å². The molecule has 2 aliphatic rings. The summed E-state index contributed by atoms with van der Waals surface area (Å²) in [5.74, 6) is 0.151. The van der Waals surface area contributed by atoms with E-state index in [1.165, 1.54) is 0 Å². The summed E-state index contributed by atoms with van der Waals surface area (Å²) in [4.78, 5) is 13.4. The van der Waals surface area contributed by atoms with Gasteiger partial charge in [-0.15, -0.1) is 0 Å². The summed E-state index contributed by atoms with van der Waals surface area (Å²) in [5, 5.41) is 2.83. The van der Waals surface area contributed by atoms with E-state index in [-0.39, 0.29) is 23.6 Å². The Labute approximate surface area is 136 Å². The molecule has 1 saturated heterocycles. The number of nitrogens with zero attached hydrogens (tertiary/aromatic N) is 1. The maximum atomic E-state index is 14.3. The number of benzene rings is 1. The zero-order valence-electron chi connectivity index (χ0n) is 13.5. The van der Waals surface area contributed by atoms with E-state index >= 15 is 0 Å². The number of amides is 1. The Kier molecular flexibility index (Phi) is 4.95. The molecule has 23 heavy (non-hydrogen) atoms. The molecule has 0 aromatic heterocycles. The molecule has 3 rings (SSSR count). The molecule has 1 aliphatic heterocycles. The second kappa shape index (κ2) is 6.95. The second-order valence-corrected chi connectivity index (χ2v) is 6.66. The van der Waals surface area contributed by atoms with Crippen LogP contribution >= 0.6 is 0 Å². The van der Waals surface area contributed by atoms with Crippen molar-refractivity contribution in [1.29, 1.82) is 0 Å². The fourth-order valence-corrected chi connectivity index (χ4v) is 3.55. The van der Waals surface area contributed by atoms with Gasteiger partial charge < -0.3 is 5.32 Å². The first-order chi connectivity index (χ1) is 11.1. The van der Waals surface area contributed by atoms with Crippen molar-refractivity contribution < 1.29 is 13.6 Å². The predicted molar refractivity (Wildman–Crippen MR) is 85.1 cm³/mol. The number of carbonyl (C=O) groups is 1. The van der Waals surface area contributed by atoms with Gasteiger partial charge in [-0.1, -0.05) is 12.1 Å². The minimum Gasteiger partial charge on any atom is -0.356 e. The van der Waals surface area contributed by atoms with Gasteiger partial charge in [0.05, 0.1) is 0 Å². The summed E-state index contributed by atoms with van der Waals surface area (Å²) in [6.07, 6.45) is 2.00. The zero-order valence-corrected chi connectivity index (χ0v) is 13.5.